The highest BCUT2D eigenvalue weighted by Gasteiger charge is 2.28. The van der Waals surface area contributed by atoms with Crippen LogP contribution >= 0.6 is 0 Å². The molecule has 0 saturated carbocycles. The van der Waals surface area contributed by atoms with Gasteiger partial charge in [-0.15, -0.1) is 0 Å². The highest BCUT2D eigenvalue weighted by atomic mass is 32.2. The van der Waals surface area contributed by atoms with Crippen molar-refractivity contribution in [2.24, 2.45) is 0 Å². The van der Waals surface area contributed by atoms with E-state index in [9.17, 15) is 13.6 Å². The quantitative estimate of drug-likeness (QED) is 0.291. The van der Waals surface area contributed by atoms with Crippen molar-refractivity contribution in [3.8, 4) is 5.75 Å². The monoisotopic (exact) mass is 542 g/mol. The minimum Gasteiger partial charge on any atom is -0.755 e. The molecule has 4 aromatic carbocycles. The van der Waals surface area contributed by atoms with Crippen LogP contribution in [0, 0.1) is 0 Å². The number of hydrogen-bond acceptors (Lipinski definition) is 5. The molecular weight excluding hydrogens is 510 g/mol. The third-order valence-electron chi connectivity index (χ3n) is 6.95. The summed E-state index contributed by atoms with van der Waals surface area (Å²) in [6, 6.07) is 27.8. The number of hydrogen-bond donors (Lipinski definition) is 1. The second-order valence-electron chi connectivity index (χ2n) is 10.1. The Morgan fingerprint density at radius 2 is 1.74 bits per heavy atom. The molecule has 4 aromatic rings. The normalized spacial score (nSPS) is 16.3. The third-order valence-corrected chi connectivity index (χ3v) is 7.73. The summed E-state index contributed by atoms with van der Waals surface area (Å²) in [5, 5.41) is 5.09. The molecule has 5 rings (SSSR count). The Balaban J connectivity index is 1.42. The van der Waals surface area contributed by atoms with E-state index in [1.165, 1.54) is 4.31 Å². The van der Waals surface area contributed by atoms with Gasteiger partial charge in [-0.3, -0.25) is 13.3 Å². The van der Waals surface area contributed by atoms with Gasteiger partial charge in [0.15, 0.2) is 0 Å². The minimum absolute atomic E-state index is 0.0315. The predicted octanol–water partition coefficient (Wildman–Crippen LogP) is 5.27. The van der Waals surface area contributed by atoms with Crippen LogP contribution in [0.2, 0.25) is 0 Å². The van der Waals surface area contributed by atoms with Crippen molar-refractivity contribution in [3.05, 3.63) is 108 Å². The van der Waals surface area contributed by atoms with E-state index in [2.05, 4.69) is 16.3 Å². The first-order valence-electron chi connectivity index (χ1n) is 13.0. The molecule has 3 unspecified atom stereocenters. The Morgan fingerprint density at radius 1 is 1.00 bits per heavy atom. The fraction of sp³-hybridized carbons (Fsp3) is 0.258. The Kier molecular flexibility index (Phi) is 8.26. The molecule has 0 spiro atoms. The molecule has 7 nitrogen and oxygen atoms in total. The van der Waals surface area contributed by atoms with Gasteiger partial charge in [0, 0.05) is 35.5 Å². The first-order valence-corrected chi connectivity index (χ1v) is 14.0. The first-order chi connectivity index (χ1) is 18.9. The largest absolute Gasteiger partial charge is 0.755 e. The Morgan fingerprint density at radius 3 is 2.49 bits per heavy atom. The zero-order valence-electron chi connectivity index (χ0n) is 22.1. The van der Waals surface area contributed by atoms with Gasteiger partial charge in [0.2, 0.25) is 5.91 Å². The summed E-state index contributed by atoms with van der Waals surface area (Å²) in [5.41, 5.74) is 3.32. The predicted molar refractivity (Wildman–Crippen MR) is 154 cm³/mol. The lowest BCUT2D eigenvalue weighted by Gasteiger charge is -2.35. The molecule has 0 bridgehead atoms. The van der Waals surface area contributed by atoms with Crippen LogP contribution in [-0.4, -0.2) is 40.3 Å². The van der Waals surface area contributed by atoms with Crippen LogP contribution in [0.15, 0.2) is 91.0 Å². The van der Waals surface area contributed by atoms with Gasteiger partial charge in [-0.05, 0) is 54.2 Å². The van der Waals surface area contributed by atoms with Crippen molar-refractivity contribution in [1.29, 1.82) is 0 Å². The van der Waals surface area contributed by atoms with Gasteiger partial charge in [0.25, 0.3) is 0 Å². The van der Waals surface area contributed by atoms with Gasteiger partial charge >= 0.3 is 0 Å². The molecule has 0 radical (unpaired) electrons. The number of nitrogens with zero attached hydrogens (tertiary/aromatic N) is 2. The van der Waals surface area contributed by atoms with E-state index in [4.69, 9.17) is 4.74 Å². The molecule has 1 aliphatic rings. The van der Waals surface area contributed by atoms with E-state index >= 15 is 0 Å². The molecule has 1 amide bonds. The van der Waals surface area contributed by atoms with E-state index in [-0.39, 0.29) is 18.4 Å². The zero-order chi connectivity index (χ0) is 27.4. The molecule has 8 heteroatoms. The zero-order valence-corrected chi connectivity index (χ0v) is 22.9. The smallest absolute Gasteiger partial charge is 0.222 e. The van der Waals surface area contributed by atoms with Gasteiger partial charge < -0.3 is 19.5 Å². The van der Waals surface area contributed by atoms with E-state index in [1.54, 1.807) is 6.07 Å². The van der Waals surface area contributed by atoms with E-state index < -0.39 is 17.3 Å². The molecule has 0 saturated heterocycles. The molecule has 0 aromatic heterocycles. The second-order valence-corrected chi connectivity index (χ2v) is 10.9. The van der Waals surface area contributed by atoms with Crippen molar-refractivity contribution in [2.75, 3.05) is 25.0 Å². The van der Waals surface area contributed by atoms with E-state index in [0.717, 1.165) is 39.8 Å². The fourth-order valence-corrected chi connectivity index (χ4v) is 5.86. The molecular formula is C31H32N3O4S-. The van der Waals surface area contributed by atoms with Gasteiger partial charge in [-0.2, -0.15) is 0 Å². The van der Waals surface area contributed by atoms with Gasteiger partial charge in [-0.25, -0.2) is 0 Å². The number of benzene rings is 4. The highest BCUT2D eigenvalue weighted by Crippen LogP contribution is 2.35. The van der Waals surface area contributed by atoms with Crippen molar-refractivity contribution in [1.82, 2.24) is 10.2 Å². The maximum absolute atomic E-state index is 13.5. The van der Waals surface area contributed by atoms with Crippen LogP contribution in [0.3, 0.4) is 0 Å². The number of rotatable bonds is 9. The van der Waals surface area contributed by atoms with Crippen LogP contribution in [-0.2, 0) is 22.6 Å². The first kappa shape index (κ1) is 26.9. The number of carbonyl (C=O) groups is 1. The average Bonchev–Trinajstić information content (AvgIpc) is 2.92. The van der Waals surface area contributed by atoms with Gasteiger partial charge in [0.05, 0.1) is 25.1 Å². The van der Waals surface area contributed by atoms with E-state index in [1.807, 2.05) is 93.0 Å². The summed E-state index contributed by atoms with van der Waals surface area (Å²) in [6.45, 7) is 1.29. The van der Waals surface area contributed by atoms with Crippen LogP contribution < -0.4 is 14.4 Å². The summed E-state index contributed by atoms with van der Waals surface area (Å²) >= 11 is -2.62. The van der Waals surface area contributed by atoms with Gasteiger partial charge in [-0.1, -0.05) is 72.8 Å². The third kappa shape index (κ3) is 6.30. The summed E-state index contributed by atoms with van der Waals surface area (Å²) in [5.74, 6) is 0.555. The van der Waals surface area contributed by atoms with Crippen LogP contribution in [0.1, 0.15) is 41.6 Å². The van der Waals surface area contributed by atoms with Crippen molar-refractivity contribution in [3.63, 3.8) is 0 Å². The number of ether oxygens (including phenoxy) is 1. The number of nitrogens with one attached hydrogen (secondary N) is 1. The number of amides is 1. The van der Waals surface area contributed by atoms with Crippen molar-refractivity contribution in [2.45, 2.75) is 31.5 Å². The Bertz CT molecular complexity index is 1480. The number of carbonyl (C=O) groups excluding carboxylic acids is 1. The topological polar surface area (TPSA) is 84.9 Å². The molecule has 3 atom stereocenters. The maximum atomic E-state index is 13.5. The summed E-state index contributed by atoms with van der Waals surface area (Å²) in [6.07, 6.45) is 0.611. The van der Waals surface area contributed by atoms with Crippen LogP contribution in [0.4, 0.5) is 5.69 Å². The molecule has 1 N–H and O–H groups in total. The Hall–Kier alpha value is -3.72. The molecule has 0 fully saturated rings. The van der Waals surface area contributed by atoms with Crippen molar-refractivity contribution >= 4 is 33.6 Å². The Labute approximate surface area is 231 Å². The SMILES string of the molecule is CN(C)Cc1ccc2c(c1)OCCC2NC(=O)CC(c1ccccc1)N(c1ccc2ccccc2c1)S(=O)[O-]. The summed E-state index contributed by atoms with van der Waals surface area (Å²) in [4.78, 5) is 15.6. The number of anilines is 1. The van der Waals surface area contributed by atoms with Crippen LogP contribution in [0.25, 0.3) is 10.8 Å². The fourth-order valence-electron chi connectivity index (χ4n) is 5.17. The lowest BCUT2D eigenvalue weighted by Crippen LogP contribution is -2.37. The summed E-state index contributed by atoms with van der Waals surface area (Å²) in [7, 11) is 4.03. The second kappa shape index (κ2) is 12.0. The molecule has 1 aliphatic heterocycles. The maximum Gasteiger partial charge on any atom is 0.222 e. The molecule has 0 aliphatic carbocycles. The minimum atomic E-state index is -2.62. The molecule has 202 valence electrons. The van der Waals surface area contributed by atoms with Crippen LogP contribution in [0.5, 0.6) is 5.75 Å². The standard InChI is InChI=1S/C31H33N3O4S/c1-33(2)21-22-12-15-27-28(16-17-38-30(27)18-22)32-31(35)20-29(24-9-4-3-5-10-24)34(39(36)37)26-14-13-23-8-6-7-11-25(23)19-26/h3-15,18-19,28-29H,16-17,20-21H2,1-2H3,(H,32,35)(H,36,37)/p-1. The lowest BCUT2D eigenvalue weighted by atomic mass is 9.97. The van der Waals surface area contributed by atoms with Gasteiger partial charge in [0.1, 0.15) is 5.75 Å². The molecule has 39 heavy (non-hydrogen) atoms. The van der Waals surface area contributed by atoms with Crippen molar-refractivity contribution < 1.29 is 18.3 Å². The highest BCUT2D eigenvalue weighted by molar-refractivity contribution is 7.80. The molecule has 1 heterocycles. The lowest BCUT2D eigenvalue weighted by molar-refractivity contribution is -0.122. The average molecular weight is 543 g/mol. The summed E-state index contributed by atoms with van der Waals surface area (Å²) < 4.78 is 32.5. The number of fused-ring (bicyclic) bond motifs is 2. The van der Waals surface area contributed by atoms with E-state index in [0.29, 0.717) is 18.7 Å².